The van der Waals surface area contributed by atoms with Crippen molar-refractivity contribution in [3.8, 4) is 0 Å². The first-order valence-corrected chi connectivity index (χ1v) is 7.84. The number of amides is 1. The minimum atomic E-state index is -0.582. The van der Waals surface area contributed by atoms with Crippen molar-refractivity contribution in [2.75, 3.05) is 5.32 Å². The third-order valence-corrected chi connectivity index (χ3v) is 3.61. The van der Waals surface area contributed by atoms with E-state index >= 15 is 0 Å². The van der Waals surface area contributed by atoms with Crippen molar-refractivity contribution in [2.45, 2.75) is 26.9 Å². The topological polar surface area (TPSA) is 121 Å². The molecule has 0 spiro atoms. The highest BCUT2D eigenvalue weighted by Crippen LogP contribution is 2.13. The highest BCUT2D eigenvalue weighted by molar-refractivity contribution is 5.88. The Morgan fingerprint density at radius 2 is 1.96 bits per heavy atom. The van der Waals surface area contributed by atoms with Gasteiger partial charge in [0.1, 0.15) is 6.33 Å². The lowest BCUT2D eigenvalue weighted by atomic mass is 10.1. The molecule has 0 aliphatic heterocycles. The van der Waals surface area contributed by atoms with E-state index in [1.165, 1.54) is 18.0 Å². The van der Waals surface area contributed by atoms with Crippen LogP contribution in [-0.4, -0.2) is 35.4 Å². The molecule has 1 aromatic carbocycles. The Morgan fingerprint density at radius 1 is 1.23 bits per heavy atom. The van der Waals surface area contributed by atoms with E-state index in [2.05, 4.69) is 20.5 Å². The van der Waals surface area contributed by atoms with Gasteiger partial charge in [0.2, 0.25) is 5.95 Å². The van der Waals surface area contributed by atoms with E-state index in [4.69, 9.17) is 0 Å². The maximum Gasteiger partial charge on any atom is 0.345 e. The Balaban J connectivity index is 1.63. The van der Waals surface area contributed by atoms with Crippen molar-refractivity contribution in [3.05, 3.63) is 63.6 Å². The summed E-state index contributed by atoms with van der Waals surface area (Å²) in [6.45, 7) is 3.86. The van der Waals surface area contributed by atoms with Crippen molar-refractivity contribution in [1.82, 2.24) is 24.5 Å². The number of nitrogens with zero attached hydrogens (tertiary/aromatic N) is 6. The van der Waals surface area contributed by atoms with Crippen LogP contribution in [0.5, 0.6) is 0 Å². The standard InChI is InChI=1S/C16H17N7O3/c1-11-3-5-13(6-4-11)8-21-10-17-16(20-21)18-14(24)9-22-15(23(25)26)7-12(2)19-22/h3-7,10H,8-9H2,1-2H3,(H,18,20,24). The summed E-state index contributed by atoms with van der Waals surface area (Å²) in [5.41, 5.74) is 2.69. The van der Waals surface area contributed by atoms with Gasteiger partial charge in [-0.2, -0.15) is 0 Å². The maximum absolute atomic E-state index is 12.1. The summed E-state index contributed by atoms with van der Waals surface area (Å²) < 4.78 is 2.63. The van der Waals surface area contributed by atoms with Gasteiger partial charge < -0.3 is 10.1 Å². The highest BCUT2D eigenvalue weighted by atomic mass is 16.6. The van der Waals surface area contributed by atoms with Gasteiger partial charge in [-0.25, -0.2) is 9.67 Å². The zero-order chi connectivity index (χ0) is 18.7. The average molecular weight is 355 g/mol. The zero-order valence-corrected chi connectivity index (χ0v) is 14.3. The number of hydrogen-bond donors (Lipinski definition) is 1. The van der Waals surface area contributed by atoms with E-state index in [0.29, 0.717) is 12.2 Å². The van der Waals surface area contributed by atoms with Gasteiger partial charge in [-0.3, -0.25) is 10.1 Å². The molecule has 0 atom stereocenters. The van der Waals surface area contributed by atoms with Gasteiger partial charge in [0, 0.05) is 0 Å². The molecule has 3 aromatic rings. The van der Waals surface area contributed by atoms with Crippen LogP contribution in [0.4, 0.5) is 11.8 Å². The number of hydrogen-bond acceptors (Lipinski definition) is 6. The largest absolute Gasteiger partial charge is 0.358 e. The molecule has 10 heteroatoms. The van der Waals surface area contributed by atoms with Crippen LogP contribution >= 0.6 is 0 Å². The molecule has 0 bridgehead atoms. The smallest absolute Gasteiger partial charge is 0.345 e. The van der Waals surface area contributed by atoms with Crippen molar-refractivity contribution in [3.63, 3.8) is 0 Å². The lowest BCUT2D eigenvalue weighted by Gasteiger charge is -2.02. The average Bonchev–Trinajstić information content (AvgIpc) is 3.16. The summed E-state index contributed by atoms with van der Waals surface area (Å²) in [5, 5.41) is 21.6. The Bertz CT molecular complexity index is 943. The van der Waals surface area contributed by atoms with Crippen LogP contribution < -0.4 is 5.32 Å². The van der Waals surface area contributed by atoms with E-state index in [9.17, 15) is 14.9 Å². The Labute approximate surface area is 148 Å². The number of rotatable bonds is 6. The normalized spacial score (nSPS) is 10.7. The third kappa shape index (κ3) is 4.09. The van der Waals surface area contributed by atoms with Crippen LogP contribution in [0.15, 0.2) is 36.7 Å². The van der Waals surface area contributed by atoms with Gasteiger partial charge in [0.25, 0.3) is 5.91 Å². The minimum Gasteiger partial charge on any atom is -0.358 e. The number of aryl methyl sites for hydroxylation is 2. The first-order valence-electron chi connectivity index (χ1n) is 7.84. The first kappa shape index (κ1) is 17.3. The Morgan fingerprint density at radius 3 is 2.65 bits per heavy atom. The van der Waals surface area contributed by atoms with Gasteiger partial charge in [0.15, 0.2) is 6.54 Å². The molecule has 134 valence electrons. The van der Waals surface area contributed by atoms with Crippen LogP contribution in [0.3, 0.4) is 0 Å². The van der Waals surface area contributed by atoms with Crippen LogP contribution in [0.25, 0.3) is 0 Å². The van der Waals surface area contributed by atoms with Gasteiger partial charge in [0.05, 0.1) is 18.3 Å². The van der Waals surface area contributed by atoms with Crippen LogP contribution in [0.2, 0.25) is 0 Å². The molecule has 26 heavy (non-hydrogen) atoms. The molecule has 10 nitrogen and oxygen atoms in total. The fourth-order valence-corrected chi connectivity index (χ4v) is 2.40. The number of nitro groups is 1. The van der Waals surface area contributed by atoms with Crippen molar-refractivity contribution in [2.24, 2.45) is 0 Å². The molecule has 1 N–H and O–H groups in total. The van der Waals surface area contributed by atoms with Gasteiger partial charge in [-0.05, 0) is 24.3 Å². The minimum absolute atomic E-state index is 0.133. The number of carbonyl (C=O) groups excluding carboxylic acids is 1. The molecule has 0 radical (unpaired) electrons. The Hall–Kier alpha value is -3.56. The number of aromatic nitrogens is 5. The SMILES string of the molecule is Cc1ccc(Cn2cnc(NC(=O)Cn3nc(C)cc3[N+](=O)[O-])n2)cc1. The van der Waals surface area contributed by atoms with E-state index in [0.717, 1.165) is 10.2 Å². The molecule has 0 fully saturated rings. The fraction of sp³-hybridized carbons (Fsp3) is 0.250. The molecule has 2 aromatic heterocycles. The summed E-state index contributed by atoms with van der Waals surface area (Å²) >= 11 is 0. The Kier molecular flexibility index (Phi) is 4.74. The van der Waals surface area contributed by atoms with Crippen LogP contribution in [0.1, 0.15) is 16.8 Å². The molecule has 1 amide bonds. The van der Waals surface area contributed by atoms with Crippen LogP contribution in [0, 0.1) is 24.0 Å². The number of anilines is 1. The molecule has 0 unspecified atom stereocenters. The van der Waals surface area contributed by atoms with Crippen molar-refractivity contribution < 1.29 is 9.72 Å². The number of carbonyl (C=O) groups is 1. The second kappa shape index (κ2) is 7.13. The second-order valence-electron chi connectivity index (χ2n) is 5.86. The zero-order valence-electron chi connectivity index (χ0n) is 14.3. The molecular formula is C16H17N7O3. The van der Waals surface area contributed by atoms with Crippen molar-refractivity contribution in [1.29, 1.82) is 0 Å². The molecular weight excluding hydrogens is 338 g/mol. The van der Waals surface area contributed by atoms with Crippen molar-refractivity contribution >= 4 is 17.7 Å². The molecule has 0 saturated carbocycles. The summed E-state index contributed by atoms with van der Waals surface area (Å²) in [5.74, 6) is -0.603. The maximum atomic E-state index is 12.1. The molecule has 2 heterocycles. The lowest BCUT2D eigenvalue weighted by Crippen LogP contribution is -2.21. The monoisotopic (exact) mass is 355 g/mol. The summed E-state index contributed by atoms with van der Waals surface area (Å²) in [6, 6.07) is 9.31. The summed E-state index contributed by atoms with van der Waals surface area (Å²) in [4.78, 5) is 26.5. The molecule has 0 saturated heterocycles. The first-order chi connectivity index (χ1) is 12.4. The van der Waals surface area contributed by atoms with Gasteiger partial charge in [-0.1, -0.05) is 34.9 Å². The van der Waals surface area contributed by atoms with Crippen LogP contribution in [-0.2, 0) is 17.9 Å². The molecule has 3 rings (SSSR count). The van der Waals surface area contributed by atoms with Gasteiger partial charge >= 0.3 is 5.82 Å². The second-order valence-corrected chi connectivity index (χ2v) is 5.86. The van der Waals surface area contributed by atoms with E-state index < -0.39 is 10.8 Å². The van der Waals surface area contributed by atoms with E-state index in [1.807, 2.05) is 31.2 Å². The summed E-state index contributed by atoms with van der Waals surface area (Å²) in [6.07, 6.45) is 1.51. The van der Waals surface area contributed by atoms with E-state index in [-0.39, 0.29) is 18.3 Å². The third-order valence-electron chi connectivity index (χ3n) is 3.61. The lowest BCUT2D eigenvalue weighted by molar-refractivity contribution is -0.392. The predicted octanol–water partition coefficient (Wildman–Crippen LogP) is 1.69. The number of nitrogens with one attached hydrogen (secondary N) is 1. The van der Waals surface area contributed by atoms with Gasteiger partial charge in [-0.15, -0.1) is 9.78 Å². The predicted molar refractivity (Wildman–Crippen MR) is 92.6 cm³/mol. The number of benzene rings is 1. The molecule has 0 aliphatic carbocycles. The quantitative estimate of drug-likeness (QED) is 0.530. The highest BCUT2D eigenvalue weighted by Gasteiger charge is 2.20. The van der Waals surface area contributed by atoms with E-state index in [1.54, 1.807) is 11.6 Å². The molecule has 0 aliphatic rings. The fourth-order valence-electron chi connectivity index (χ4n) is 2.40. The summed E-state index contributed by atoms with van der Waals surface area (Å²) in [7, 11) is 0.